The van der Waals surface area contributed by atoms with Crippen LogP contribution in [0.5, 0.6) is 0 Å². The van der Waals surface area contributed by atoms with Gasteiger partial charge in [0, 0.05) is 0 Å². The third kappa shape index (κ3) is 12.2. The van der Waals surface area contributed by atoms with Crippen molar-refractivity contribution < 1.29 is 0 Å². The second-order valence-corrected chi connectivity index (χ2v) is 7.63. The van der Waals surface area contributed by atoms with Crippen LogP contribution in [-0.4, -0.2) is 0 Å². The van der Waals surface area contributed by atoms with Gasteiger partial charge >= 0.3 is 0 Å². The Morgan fingerprint density at radius 3 is 1.65 bits per heavy atom. The fraction of sp³-hybridized carbons (Fsp3) is 0.941. The van der Waals surface area contributed by atoms with Gasteiger partial charge in [0.15, 0.2) is 0 Å². The van der Waals surface area contributed by atoms with E-state index >= 15 is 0 Å². The summed E-state index contributed by atoms with van der Waals surface area (Å²) in [6.45, 7) is 15.8. The number of hydrogen-bond acceptors (Lipinski definition) is 0. The van der Waals surface area contributed by atoms with Crippen LogP contribution < -0.4 is 0 Å². The topological polar surface area (TPSA) is 0 Å². The molecule has 0 spiro atoms. The Labute approximate surface area is 111 Å². The lowest BCUT2D eigenvalue weighted by molar-refractivity contribution is 0.194. The molecule has 0 heterocycles. The molecule has 0 aromatic rings. The summed E-state index contributed by atoms with van der Waals surface area (Å²) in [5.74, 6) is 0. The molecule has 103 valence electrons. The summed E-state index contributed by atoms with van der Waals surface area (Å²) in [7, 11) is 0. The molecule has 0 bridgehead atoms. The summed E-state index contributed by atoms with van der Waals surface area (Å²) in [5.41, 5.74) is 0.989. The van der Waals surface area contributed by atoms with Gasteiger partial charge in [-0.2, -0.15) is 0 Å². The van der Waals surface area contributed by atoms with Crippen molar-refractivity contribution in [1.29, 1.82) is 0 Å². The normalized spacial score (nSPS) is 13.1. The fourth-order valence-electron chi connectivity index (χ4n) is 3.01. The third-order valence-corrected chi connectivity index (χ3v) is 3.36. The molecular formula is C17H35. The quantitative estimate of drug-likeness (QED) is 0.408. The molecule has 0 heteroatoms. The number of rotatable bonds is 9. The van der Waals surface area contributed by atoms with Crippen LogP contribution in [0.15, 0.2) is 0 Å². The van der Waals surface area contributed by atoms with Crippen LogP contribution >= 0.6 is 0 Å². The molecule has 0 saturated heterocycles. The van der Waals surface area contributed by atoms with Crippen molar-refractivity contribution in [3.63, 3.8) is 0 Å². The number of hydrogen-bond donors (Lipinski definition) is 0. The number of unbranched alkanes of at least 4 members (excludes halogenated alkanes) is 6. The zero-order valence-electron chi connectivity index (χ0n) is 13.1. The van der Waals surface area contributed by atoms with Crippen molar-refractivity contribution in [1.82, 2.24) is 0 Å². The van der Waals surface area contributed by atoms with Crippen molar-refractivity contribution in [3.05, 3.63) is 6.92 Å². The maximum absolute atomic E-state index is 3.89. The maximum atomic E-state index is 3.89. The van der Waals surface area contributed by atoms with Gasteiger partial charge in [-0.1, -0.05) is 86.5 Å². The van der Waals surface area contributed by atoms with Gasteiger partial charge in [-0.15, -0.1) is 0 Å². The Morgan fingerprint density at radius 2 is 1.18 bits per heavy atom. The first-order chi connectivity index (χ1) is 7.77. The highest BCUT2D eigenvalue weighted by atomic mass is 14.3. The van der Waals surface area contributed by atoms with E-state index in [1.54, 1.807) is 0 Å². The molecule has 0 saturated carbocycles. The van der Waals surface area contributed by atoms with E-state index in [0.717, 1.165) is 6.42 Å². The van der Waals surface area contributed by atoms with Gasteiger partial charge in [0.1, 0.15) is 0 Å². The predicted molar refractivity (Wildman–Crippen MR) is 80.1 cm³/mol. The lowest BCUT2D eigenvalue weighted by Crippen LogP contribution is -2.20. The van der Waals surface area contributed by atoms with Crippen molar-refractivity contribution in [2.45, 2.75) is 92.4 Å². The largest absolute Gasteiger partial charge is 0.0602 e. The highest BCUT2D eigenvalue weighted by Crippen LogP contribution is 2.37. The molecule has 0 fully saturated rings. The van der Waals surface area contributed by atoms with E-state index in [2.05, 4.69) is 41.5 Å². The highest BCUT2D eigenvalue weighted by Gasteiger charge is 2.24. The Kier molecular flexibility index (Phi) is 8.16. The molecule has 17 heavy (non-hydrogen) atoms. The van der Waals surface area contributed by atoms with Crippen molar-refractivity contribution in [2.24, 2.45) is 10.8 Å². The molecule has 0 nitrogen and oxygen atoms in total. The van der Waals surface area contributed by atoms with E-state index in [4.69, 9.17) is 0 Å². The minimum atomic E-state index is 0.470. The van der Waals surface area contributed by atoms with E-state index in [0.29, 0.717) is 10.8 Å². The molecule has 0 N–H and O–H groups in total. The van der Waals surface area contributed by atoms with Crippen LogP contribution in [-0.2, 0) is 0 Å². The van der Waals surface area contributed by atoms with Crippen molar-refractivity contribution in [3.8, 4) is 0 Å². The third-order valence-electron chi connectivity index (χ3n) is 3.36. The van der Waals surface area contributed by atoms with Crippen LogP contribution in [0.25, 0.3) is 0 Å². The van der Waals surface area contributed by atoms with Gasteiger partial charge < -0.3 is 0 Å². The van der Waals surface area contributed by atoms with Crippen molar-refractivity contribution in [2.75, 3.05) is 0 Å². The summed E-state index contributed by atoms with van der Waals surface area (Å²) < 4.78 is 0. The van der Waals surface area contributed by atoms with Crippen LogP contribution in [0.1, 0.15) is 92.4 Å². The maximum Gasteiger partial charge on any atom is -0.0349 e. The smallest absolute Gasteiger partial charge is 0.0349 e. The van der Waals surface area contributed by atoms with Gasteiger partial charge in [-0.05, 0) is 23.7 Å². The average Bonchev–Trinajstić information content (AvgIpc) is 2.12. The second-order valence-electron chi connectivity index (χ2n) is 7.63. The summed E-state index contributed by atoms with van der Waals surface area (Å²) in [4.78, 5) is 0. The van der Waals surface area contributed by atoms with Crippen LogP contribution in [0, 0.1) is 17.8 Å². The second kappa shape index (κ2) is 8.16. The Hall–Kier alpha value is 0. The molecule has 0 aromatic carbocycles. The van der Waals surface area contributed by atoms with Gasteiger partial charge in [-0.3, -0.25) is 0 Å². The summed E-state index contributed by atoms with van der Waals surface area (Å²) in [5, 5.41) is 0. The van der Waals surface area contributed by atoms with E-state index in [1.807, 2.05) is 0 Å². The first kappa shape index (κ1) is 17.0. The Balaban J connectivity index is 3.52. The first-order valence-electron chi connectivity index (χ1n) is 7.56. The molecule has 0 aliphatic rings. The average molecular weight is 239 g/mol. The summed E-state index contributed by atoms with van der Waals surface area (Å²) >= 11 is 0. The fourth-order valence-corrected chi connectivity index (χ4v) is 3.01. The lowest BCUT2D eigenvalue weighted by atomic mass is 9.73. The Bertz CT molecular complexity index is 171. The van der Waals surface area contributed by atoms with Crippen LogP contribution in [0.3, 0.4) is 0 Å². The zero-order valence-corrected chi connectivity index (χ0v) is 13.1. The van der Waals surface area contributed by atoms with E-state index < -0.39 is 0 Å². The highest BCUT2D eigenvalue weighted by molar-refractivity contribution is 4.76. The van der Waals surface area contributed by atoms with Crippen LogP contribution in [0.2, 0.25) is 0 Å². The Morgan fingerprint density at radius 1 is 0.706 bits per heavy atom. The molecule has 0 aliphatic carbocycles. The molecule has 0 unspecified atom stereocenters. The van der Waals surface area contributed by atoms with Gasteiger partial charge in [0.2, 0.25) is 0 Å². The zero-order chi connectivity index (χ0) is 13.4. The minimum Gasteiger partial charge on any atom is -0.0602 e. The molecule has 0 aromatic heterocycles. The van der Waals surface area contributed by atoms with Crippen LogP contribution in [0.4, 0.5) is 0 Å². The lowest BCUT2D eigenvalue weighted by Gasteiger charge is -2.32. The van der Waals surface area contributed by atoms with Gasteiger partial charge in [-0.25, -0.2) is 0 Å². The van der Waals surface area contributed by atoms with E-state index in [9.17, 15) is 0 Å². The molecule has 0 amide bonds. The molecule has 0 aliphatic heterocycles. The summed E-state index contributed by atoms with van der Waals surface area (Å²) in [6.07, 6.45) is 12.2. The monoisotopic (exact) mass is 239 g/mol. The first-order valence-corrected chi connectivity index (χ1v) is 7.56. The minimum absolute atomic E-state index is 0.470. The van der Waals surface area contributed by atoms with Gasteiger partial charge in [0.25, 0.3) is 0 Å². The summed E-state index contributed by atoms with van der Waals surface area (Å²) in [6, 6.07) is 0. The predicted octanol–water partition coefficient (Wildman–Crippen LogP) is 6.40. The molecule has 0 rings (SSSR count). The molecular weight excluding hydrogens is 204 g/mol. The molecule has 0 atom stereocenters. The van der Waals surface area contributed by atoms with E-state index in [1.165, 1.54) is 51.4 Å². The van der Waals surface area contributed by atoms with Crippen molar-refractivity contribution >= 4 is 0 Å². The standard InChI is InChI=1S/C17H35/c1-7-8-9-10-11-12-13-14-17(5,6)15-16(2,3)4/h1,7-15H2,2-6H3. The molecule has 1 radical (unpaired) electrons. The van der Waals surface area contributed by atoms with E-state index in [-0.39, 0.29) is 0 Å². The SMILES string of the molecule is [CH2]CCCCCCCCC(C)(C)CC(C)(C)C. The van der Waals surface area contributed by atoms with Gasteiger partial charge in [0.05, 0.1) is 0 Å².